The number of hydrogen-bond acceptors (Lipinski definition) is 5. The summed E-state index contributed by atoms with van der Waals surface area (Å²) in [5.41, 5.74) is 0.687. The minimum Gasteiger partial charge on any atom is -0.383 e. The number of hydrogen-bond donors (Lipinski definition) is 1. The van der Waals surface area contributed by atoms with E-state index < -0.39 is 0 Å². The molecule has 3 aliphatic heterocycles. The zero-order valence-electron chi connectivity index (χ0n) is 16.0. The third kappa shape index (κ3) is 3.17. The summed E-state index contributed by atoms with van der Waals surface area (Å²) in [7, 11) is 1.74. The van der Waals surface area contributed by atoms with Crippen LogP contribution in [0.5, 0.6) is 0 Å². The molecule has 7 heteroatoms. The summed E-state index contributed by atoms with van der Waals surface area (Å²) in [6.45, 7) is 8.44. The first kappa shape index (κ1) is 17.9. The number of carbonyl (C=O) groups excluding carboxylic acids is 1. The Morgan fingerprint density at radius 3 is 2.88 bits per heavy atom. The number of imidazole rings is 1. The fourth-order valence-electron chi connectivity index (χ4n) is 4.90. The molecule has 4 rings (SSSR count). The van der Waals surface area contributed by atoms with Crippen LogP contribution in [0.3, 0.4) is 0 Å². The van der Waals surface area contributed by atoms with Crippen LogP contribution < -0.4 is 5.32 Å². The van der Waals surface area contributed by atoms with Crippen LogP contribution in [0.25, 0.3) is 0 Å². The quantitative estimate of drug-likeness (QED) is 0.870. The van der Waals surface area contributed by atoms with Gasteiger partial charge in [0, 0.05) is 44.5 Å². The van der Waals surface area contributed by atoms with Crippen molar-refractivity contribution >= 4 is 5.91 Å². The highest BCUT2D eigenvalue weighted by Gasteiger charge is 2.44. The number of aromatic nitrogens is 2. The van der Waals surface area contributed by atoms with E-state index in [0.717, 1.165) is 77.4 Å². The molecule has 0 saturated carbocycles. The first-order valence-corrected chi connectivity index (χ1v) is 9.95. The van der Waals surface area contributed by atoms with Gasteiger partial charge in [-0.1, -0.05) is 0 Å². The summed E-state index contributed by atoms with van der Waals surface area (Å²) in [6, 6.07) is 0.362. The number of fused-ring (bicyclic) bond motifs is 1. The highest BCUT2D eigenvalue weighted by atomic mass is 16.5. The fourth-order valence-corrected chi connectivity index (χ4v) is 4.90. The van der Waals surface area contributed by atoms with E-state index >= 15 is 0 Å². The molecule has 26 heavy (non-hydrogen) atoms. The molecule has 1 N–H and O–H groups in total. The van der Waals surface area contributed by atoms with Gasteiger partial charge < -0.3 is 19.5 Å². The Labute approximate surface area is 155 Å². The first-order valence-electron chi connectivity index (χ1n) is 9.95. The summed E-state index contributed by atoms with van der Waals surface area (Å²) in [6.07, 6.45) is 6.35. The van der Waals surface area contributed by atoms with Crippen molar-refractivity contribution < 1.29 is 9.53 Å². The molecule has 1 aromatic rings. The lowest BCUT2D eigenvalue weighted by molar-refractivity contribution is 0.0513. The number of rotatable bonds is 4. The van der Waals surface area contributed by atoms with Gasteiger partial charge in [0.05, 0.1) is 13.2 Å². The van der Waals surface area contributed by atoms with Crippen LogP contribution in [-0.4, -0.2) is 76.7 Å². The summed E-state index contributed by atoms with van der Waals surface area (Å²) in [5, 5.41) is 3.43. The molecular formula is C19H31N5O2. The molecule has 0 aliphatic carbocycles. The summed E-state index contributed by atoms with van der Waals surface area (Å²) in [5.74, 6) is 1.13. The molecule has 4 heterocycles. The standard InChI is InChI=1S/C19H31N5O2/c1-15(14-26-2)22-10-11-23-12-16(21-17(23)13-22)18(25)24-9-3-4-19(24)5-7-20-8-6-19/h12,15,20H,3-11,13-14H2,1-2H3. The van der Waals surface area contributed by atoms with Gasteiger partial charge in [0.25, 0.3) is 5.91 Å². The normalized spacial score (nSPS) is 24.0. The van der Waals surface area contributed by atoms with Crippen LogP contribution in [0.4, 0.5) is 0 Å². The van der Waals surface area contributed by atoms with Gasteiger partial charge in [-0.2, -0.15) is 0 Å². The Balaban J connectivity index is 1.50. The van der Waals surface area contributed by atoms with Gasteiger partial charge in [-0.25, -0.2) is 4.98 Å². The number of piperidine rings is 1. The van der Waals surface area contributed by atoms with Crippen molar-refractivity contribution in [3.8, 4) is 0 Å². The van der Waals surface area contributed by atoms with E-state index in [-0.39, 0.29) is 11.4 Å². The van der Waals surface area contributed by atoms with Crippen LogP contribution >= 0.6 is 0 Å². The maximum absolute atomic E-state index is 13.3. The Bertz CT molecular complexity index is 652. The summed E-state index contributed by atoms with van der Waals surface area (Å²) >= 11 is 0. The van der Waals surface area contributed by atoms with Gasteiger partial charge in [-0.05, 0) is 45.7 Å². The number of nitrogens with zero attached hydrogens (tertiary/aromatic N) is 4. The molecule has 7 nitrogen and oxygen atoms in total. The summed E-state index contributed by atoms with van der Waals surface area (Å²) in [4.78, 5) is 22.5. The van der Waals surface area contributed by atoms with Gasteiger partial charge >= 0.3 is 0 Å². The Morgan fingerprint density at radius 2 is 2.12 bits per heavy atom. The van der Waals surface area contributed by atoms with Gasteiger partial charge in [-0.3, -0.25) is 9.69 Å². The van der Waals surface area contributed by atoms with Gasteiger partial charge in [-0.15, -0.1) is 0 Å². The predicted molar refractivity (Wildman–Crippen MR) is 99.1 cm³/mol. The smallest absolute Gasteiger partial charge is 0.274 e. The van der Waals surface area contributed by atoms with Gasteiger partial charge in [0.1, 0.15) is 11.5 Å². The fraction of sp³-hybridized carbons (Fsp3) is 0.789. The third-order valence-electron chi connectivity index (χ3n) is 6.46. The molecule has 1 atom stereocenters. The molecular weight excluding hydrogens is 330 g/mol. The van der Waals surface area contributed by atoms with E-state index in [1.54, 1.807) is 7.11 Å². The molecule has 1 spiro atoms. The van der Waals surface area contributed by atoms with E-state index in [1.807, 2.05) is 6.20 Å². The summed E-state index contributed by atoms with van der Waals surface area (Å²) < 4.78 is 7.45. The minimum absolute atomic E-state index is 0.0610. The molecule has 1 unspecified atom stereocenters. The molecule has 3 aliphatic rings. The van der Waals surface area contributed by atoms with E-state index in [9.17, 15) is 4.79 Å². The lowest BCUT2D eigenvalue weighted by Gasteiger charge is -2.41. The Morgan fingerprint density at radius 1 is 1.31 bits per heavy atom. The lowest BCUT2D eigenvalue weighted by Crippen LogP contribution is -2.53. The second kappa shape index (κ2) is 7.29. The molecule has 2 saturated heterocycles. The van der Waals surface area contributed by atoms with E-state index in [2.05, 4.69) is 26.6 Å². The van der Waals surface area contributed by atoms with Crippen molar-refractivity contribution in [2.75, 3.05) is 39.9 Å². The Hall–Kier alpha value is -1.44. The largest absolute Gasteiger partial charge is 0.383 e. The predicted octanol–water partition coefficient (Wildman–Crippen LogP) is 1.09. The number of likely N-dealkylation sites (tertiary alicyclic amines) is 1. The van der Waals surface area contributed by atoms with Crippen molar-refractivity contribution in [3.63, 3.8) is 0 Å². The van der Waals surface area contributed by atoms with Crippen molar-refractivity contribution in [1.29, 1.82) is 0 Å². The van der Waals surface area contributed by atoms with Crippen LogP contribution in [0, 0.1) is 0 Å². The maximum atomic E-state index is 13.3. The first-order chi connectivity index (χ1) is 12.6. The van der Waals surface area contributed by atoms with E-state index in [1.165, 1.54) is 0 Å². The molecule has 0 bridgehead atoms. The van der Waals surface area contributed by atoms with Gasteiger partial charge in [0.15, 0.2) is 0 Å². The number of carbonyl (C=O) groups is 1. The van der Waals surface area contributed by atoms with Crippen LogP contribution in [0.2, 0.25) is 0 Å². The minimum atomic E-state index is 0.0610. The monoisotopic (exact) mass is 361 g/mol. The highest BCUT2D eigenvalue weighted by molar-refractivity contribution is 5.93. The molecule has 0 radical (unpaired) electrons. The number of ether oxygens (including phenoxy) is 1. The maximum Gasteiger partial charge on any atom is 0.274 e. The average molecular weight is 361 g/mol. The molecule has 0 aromatic carbocycles. The van der Waals surface area contributed by atoms with Crippen molar-refractivity contribution in [3.05, 3.63) is 17.7 Å². The second-order valence-corrected chi connectivity index (χ2v) is 8.05. The van der Waals surface area contributed by atoms with E-state index in [0.29, 0.717) is 11.7 Å². The molecule has 144 valence electrons. The number of amides is 1. The lowest BCUT2D eigenvalue weighted by atomic mass is 9.85. The third-order valence-corrected chi connectivity index (χ3v) is 6.46. The van der Waals surface area contributed by atoms with Crippen molar-refractivity contribution in [1.82, 2.24) is 24.7 Å². The van der Waals surface area contributed by atoms with Crippen LogP contribution in [0.15, 0.2) is 6.20 Å². The van der Waals surface area contributed by atoms with Crippen LogP contribution in [-0.2, 0) is 17.8 Å². The van der Waals surface area contributed by atoms with Gasteiger partial charge in [0.2, 0.25) is 0 Å². The van der Waals surface area contributed by atoms with E-state index in [4.69, 9.17) is 9.72 Å². The highest BCUT2D eigenvalue weighted by Crippen LogP contribution is 2.37. The molecule has 1 amide bonds. The number of methoxy groups -OCH3 is 1. The average Bonchev–Trinajstić information content (AvgIpc) is 3.25. The second-order valence-electron chi connectivity index (χ2n) is 8.05. The molecule has 2 fully saturated rings. The molecule has 1 aromatic heterocycles. The van der Waals surface area contributed by atoms with Crippen molar-refractivity contribution in [2.24, 2.45) is 0 Å². The number of nitrogens with one attached hydrogen (secondary N) is 1. The Kier molecular flexibility index (Phi) is 5.03. The topological polar surface area (TPSA) is 62.6 Å². The zero-order chi connectivity index (χ0) is 18.1. The van der Waals surface area contributed by atoms with Crippen molar-refractivity contribution in [2.45, 2.75) is 57.3 Å². The zero-order valence-corrected chi connectivity index (χ0v) is 16.0. The SMILES string of the molecule is COCC(C)N1CCn2cc(C(=O)N3CCCC34CCNCC4)nc2C1. The van der Waals surface area contributed by atoms with Crippen LogP contribution in [0.1, 0.15) is 48.9 Å².